The number of hydrogen-bond donors (Lipinski definition) is 0. The quantitative estimate of drug-likeness (QED) is 0.520. The van der Waals surface area contributed by atoms with Crippen molar-refractivity contribution in [2.24, 2.45) is 5.92 Å². The molecule has 1 heterocycles. The van der Waals surface area contributed by atoms with Crippen LogP contribution >= 0.6 is 0 Å². The van der Waals surface area contributed by atoms with Gasteiger partial charge in [0.25, 0.3) is 0 Å². The SMILES string of the molecule is COc1ccc(C2c3cc(OC)c(OC)cc3C3OCC2C3(COC(C)=O)OC(C)=O)cc1OC. The van der Waals surface area contributed by atoms with Crippen molar-refractivity contribution in [2.75, 3.05) is 41.7 Å². The molecule has 2 aromatic carbocycles. The third-order valence-corrected chi connectivity index (χ3v) is 6.72. The van der Waals surface area contributed by atoms with E-state index in [0.717, 1.165) is 16.7 Å². The van der Waals surface area contributed by atoms with Gasteiger partial charge in [-0.2, -0.15) is 0 Å². The van der Waals surface area contributed by atoms with E-state index < -0.39 is 23.6 Å². The molecule has 2 aliphatic rings. The Morgan fingerprint density at radius 2 is 1.46 bits per heavy atom. The van der Waals surface area contributed by atoms with Gasteiger partial charge in [0.1, 0.15) is 12.7 Å². The molecule has 188 valence electrons. The molecule has 4 unspecified atom stereocenters. The van der Waals surface area contributed by atoms with E-state index in [1.165, 1.54) is 13.8 Å². The maximum Gasteiger partial charge on any atom is 0.303 e. The highest BCUT2D eigenvalue weighted by atomic mass is 16.6. The van der Waals surface area contributed by atoms with E-state index in [1.54, 1.807) is 28.4 Å². The second kappa shape index (κ2) is 9.65. The third kappa shape index (κ3) is 4.14. The first-order valence-electron chi connectivity index (χ1n) is 11.2. The van der Waals surface area contributed by atoms with Crippen molar-refractivity contribution in [3.8, 4) is 23.0 Å². The zero-order valence-electron chi connectivity index (χ0n) is 20.7. The van der Waals surface area contributed by atoms with Gasteiger partial charge in [0.15, 0.2) is 28.6 Å². The molecule has 0 saturated carbocycles. The maximum atomic E-state index is 12.3. The molecule has 9 heteroatoms. The highest BCUT2D eigenvalue weighted by Gasteiger charge is 2.63. The highest BCUT2D eigenvalue weighted by molar-refractivity contribution is 5.68. The second-order valence-electron chi connectivity index (χ2n) is 8.58. The van der Waals surface area contributed by atoms with Crippen molar-refractivity contribution in [3.05, 3.63) is 47.0 Å². The van der Waals surface area contributed by atoms with Gasteiger partial charge in [-0.3, -0.25) is 9.59 Å². The molecule has 0 N–H and O–H groups in total. The van der Waals surface area contributed by atoms with Crippen LogP contribution in [0.3, 0.4) is 0 Å². The van der Waals surface area contributed by atoms with Crippen LogP contribution in [0.4, 0.5) is 0 Å². The lowest BCUT2D eigenvalue weighted by Crippen LogP contribution is -2.52. The zero-order valence-corrected chi connectivity index (χ0v) is 20.7. The predicted molar refractivity (Wildman–Crippen MR) is 124 cm³/mol. The Labute approximate surface area is 204 Å². The van der Waals surface area contributed by atoms with Crippen molar-refractivity contribution in [1.29, 1.82) is 0 Å². The molecular weight excluding hydrogens is 456 g/mol. The average molecular weight is 487 g/mol. The Hall–Kier alpha value is -3.46. The Morgan fingerprint density at radius 1 is 0.857 bits per heavy atom. The Kier molecular flexibility index (Phi) is 6.80. The topological polar surface area (TPSA) is 98.8 Å². The lowest BCUT2D eigenvalue weighted by atomic mass is 9.64. The van der Waals surface area contributed by atoms with Crippen LogP contribution in [0.15, 0.2) is 30.3 Å². The molecule has 1 aliphatic heterocycles. The fraction of sp³-hybridized carbons (Fsp3) is 0.462. The minimum Gasteiger partial charge on any atom is -0.493 e. The van der Waals surface area contributed by atoms with Crippen LogP contribution in [-0.4, -0.2) is 59.2 Å². The summed E-state index contributed by atoms with van der Waals surface area (Å²) in [6, 6.07) is 9.42. The number of esters is 2. The molecule has 1 aliphatic carbocycles. The molecule has 1 saturated heterocycles. The van der Waals surface area contributed by atoms with Crippen LogP contribution in [0.2, 0.25) is 0 Å². The summed E-state index contributed by atoms with van der Waals surface area (Å²) in [4.78, 5) is 24.2. The Bertz CT molecular complexity index is 1130. The van der Waals surface area contributed by atoms with E-state index in [9.17, 15) is 9.59 Å². The number of benzene rings is 2. The van der Waals surface area contributed by atoms with Crippen molar-refractivity contribution in [2.45, 2.75) is 31.5 Å². The average Bonchev–Trinajstić information content (AvgIpc) is 3.09. The van der Waals surface area contributed by atoms with Crippen LogP contribution in [0.25, 0.3) is 0 Å². The Morgan fingerprint density at radius 3 is 2.03 bits per heavy atom. The van der Waals surface area contributed by atoms with Crippen molar-refractivity contribution < 1.29 is 42.7 Å². The van der Waals surface area contributed by atoms with Gasteiger partial charge in [0, 0.05) is 25.7 Å². The molecule has 0 radical (unpaired) electrons. The number of methoxy groups -OCH3 is 4. The molecule has 0 aromatic heterocycles. The second-order valence-corrected chi connectivity index (χ2v) is 8.58. The molecule has 2 bridgehead atoms. The molecule has 2 aromatic rings. The number of ether oxygens (including phenoxy) is 7. The van der Waals surface area contributed by atoms with Gasteiger partial charge < -0.3 is 33.2 Å². The Balaban J connectivity index is 1.98. The first kappa shape index (κ1) is 24.7. The van der Waals surface area contributed by atoms with Gasteiger partial charge in [-0.05, 0) is 41.0 Å². The van der Waals surface area contributed by atoms with E-state index in [4.69, 9.17) is 33.2 Å². The third-order valence-electron chi connectivity index (χ3n) is 6.72. The summed E-state index contributed by atoms with van der Waals surface area (Å²) in [5.74, 6) is 0.589. The van der Waals surface area contributed by atoms with Crippen molar-refractivity contribution in [3.63, 3.8) is 0 Å². The van der Waals surface area contributed by atoms with Gasteiger partial charge in [-0.15, -0.1) is 0 Å². The summed E-state index contributed by atoms with van der Waals surface area (Å²) >= 11 is 0. The molecule has 1 fully saturated rings. The summed E-state index contributed by atoms with van der Waals surface area (Å²) in [5.41, 5.74) is 1.36. The number of carbonyl (C=O) groups excluding carboxylic acids is 2. The predicted octanol–water partition coefficient (Wildman–Crippen LogP) is 3.42. The molecule has 0 spiro atoms. The standard InChI is InChI=1S/C26H30O9/c1-14(27)34-13-26(35-15(2)28)19-12-33-25(26)18-11-23(32-6)22(31-5)10-17(18)24(19)16-7-8-20(29-3)21(9-16)30-4/h7-11,19,24-25H,12-13H2,1-6H3. The zero-order chi connectivity index (χ0) is 25.3. The van der Waals surface area contributed by atoms with E-state index in [1.807, 2.05) is 30.3 Å². The number of fused-ring (bicyclic) bond motifs is 4. The van der Waals surface area contributed by atoms with Gasteiger partial charge >= 0.3 is 11.9 Å². The smallest absolute Gasteiger partial charge is 0.303 e. The van der Waals surface area contributed by atoms with E-state index >= 15 is 0 Å². The van der Waals surface area contributed by atoms with Crippen LogP contribution < -0.4 is 18.9 Å². The fourth-order valence-corrected chi connectivity index (χ4v) is 5.31. The largest absolute Gasteiger partial charge is 0.493 e. The van der Waals surface area contributed by atoms with E-state index in [-0.39, 0.29) is 25.0 Å². The summed E-state index contributed by atoms with van der Waals surface area (Å²) < 4.78 is 39.8. The summed E-state index contributed by atoms with van der Waals surface area (Å²) in [6.07, 6.45) is -0.665. The first-order chi connectivity index (χ1) is 16.8. The molecule has 4 rings (SSSR count). The fourth-order valence-electron chi connectivity index (χ4n) is 5.31. The maximum absolute atomic E-state index is 12.3. The number of hydrogen-bond acceptors (Lipinski definition) is 9. The lowest BCUT2D eigenvalue weighted by Gasteiger charge is -2.45. The summed E-state index contributed by atoms with van der Waals surface area (Å²) in [7, 11) is 6.27. The van der Waals surface area contributed by atoms with Gasteiger partial charge in [-0.1, -0.05) is 6.07 Å². The molecule has 9 nitrogen and oxygen atoms in total. The number of carbonyl (C=O) groups is 2. The molecule has 4 atom stereocenters. The molecule has 35 heavy (non-hydrogen) atoms. The first-order valence-corrected chi connectivity index (χ1v) is 11.2. The minimum absolute atomic E-state index is 0.144. The summed E-state index contributed by atoms with van der Waals surface area (Å²) in [6.45, 7) is 2.79. The molecular formula is C26H30O9. The minimum atomic E-state index is -1.23. The van der Waals surface area contributed by atoms with Crippen LogP contribution in [0.5, 0.6) is 23.0 Å². The van der Waals surface area contributed by atoms with Crippen molar-refractivity contribution in [1.82, 2.24) is 0 Å². The van der Waals surface area contributed by atoms with Gasteiger partial charge in [0.05, 0.1) is 35.0 Å². The van der Waals surface area contributed by atoms with Gasteiger partial charge in [-0.25, -0.2) is 0 Å². The van der Waals surface area contributed by atoms with E-state index in [2.05, 4.69) is 0 Å². The molecule has 0 amide bonds. The number of rotatable bonds is 8. The van der Waals surface area contributed by atoms with Crippen LogP contribution in [-0.2, 0) is 23.8 Å². The monoisotopic (exact) mass is 486 g/mol. The van der Waals surface area contributed by atoms with Crippen molar-refractivity contribution >= 4 is 11.9 Å². The van der Waals surface area contributed by atoms with Crippen LogP contribution in [0.1, 0.15) is 42.6 Å². The van der Waals surface area contributed by atoms with Gasteiger partial charge in [0.2, 0.25) is 0 Å². The normalized spacial score (nSPS) is 24.2. The van der Waals surface area contributed by atoms with Crippen LogP contribution in [0, 0.1) is 5.92 Å². The van der Waals surface area contributed by atoms with E-state index in [0.29, 0.717) is 23.0 Å². The summed E-state index contributed by atoms with van der Waals surface area (Å²) in [5, 5.41) is 0. The lowest BCUT2D eigenvalue weighted by molar-refractivity contribution is -0.186. The highest BCUT2D eigenvalue weighted by Crippen LogP contribution is 2.59.